The summed E-state index contributed by atoms with van der Waals surface area (Å²) in [5, 5.41) is 0. The van der Waals surface area contributed by atoms with Crippen LogP contribution in [-0.2, 0) is 9.47 Å². The Bertz CT molecular complexity index is 576. The Balaban J connectivity index is 1.99. The van der Waals surface area contributed by atoms with Gasteiger partial charge in [0, 0.05) is 45.9 Å². The highest BCUT2D eigenvalue weighted by molar-refractivity contribution is 9.10. The normalized spacial score (nSPS) is 23.4. The summed E-state index contributed by atoms with van der Waals surface area (Å²) >= 11 is 3.43. The highest BCUT2D eigenvalue weighted by Gasteiger charge is 2.34. The molecule has 0 amide bonds. The fraction of sp³-hybridized carbons (Fsp3) is 0.500. The molecule has 3 rings (SSSR count). The van der Waals surface area contributed by atoms with Crippen LogP contribution in [0, 0.1) is 0 Å². The molecule has 0 N–H and O–H groups in total. The van der Waals surface area contributed by atoms with Gasteiger partial charge in [0.25, 0.3) is 0 Å². The number of ether oxygens (including phenoxy) is 2. The van der Waals surface area contributed by atoms with Gasteiger partial charge in [-0.2, -0.15) is 0 Å². The molecule has 6 nitrogen and oxygen atoms in total. The summed E-state index contributed by atoms with van der Waals surface area (Å²) < 4.78 is 13.6. The lowest BCUT2D eigenvalue weighted by Crippen LogP contribution is -2.27. The van der Waals surface area contributed by atoms with Gasteiger partial charge in [-0.25, -0.2) is 9.97 Å². The molecule has 0 spiro atoms. The molecule has 1 saturated heterocycles. The minimum absolute atomic E-state index is 0.0563. The summed E-state index contributed by atoms with van der Waals surface area (Å²) in [4.78, 5) is 11.1. The summed E-state index contributed by atoms with van der Waals surface area (Å²) in [6.07, 6.45) is 5.68. The second-order valence-corrected chi connectivity index (χ2v) is 5.31. The Morgan fingerprint density at radius 1 is 1.26 bits per heavy atom. The number of anilines is 1. The van der Waals surface area contributed by atoms with Crippen LogP contribution in [0.5, 0.6) is 0 Å². The molecule has 7 heteroatoms. The summed E-state index contributed by atoms with van der Waals surface area (Å²) in [5.41, 5.74) is 0.842. The molecule has 0 radical (unpaired) electrons. The van der Waals surface area contributed by atoms with Crippen molar-refractivity contribution in [3.63, 3.8) is 0 Å². The van der Waals surface area contributed by atoms with E-state index in [-0.39, 0.29) is 12.2 Å². The van der Waals surface area contributed by atoms with Crippen LogP contribution in [-0.4, -0.2) is 53.9 Å². The second kappa shape index (κ2) is 5.07. The maximum Gasteiger partial charge on any atom is 0.180 e. The van der Waals surface area contributed by atoms with E-state index in [1.807, 2.05) is 16.8 Å². The molecule has 1 fully saturated rings. The monoisotopic (exact) mass is 326 g/mol. The van der Waals surface area contributed by atoms with Gasteiger partial charge in [-0.05, 0) is 15.9 Å². The zero-order valence-corrected chi connectivity index (χ0v) is 12.4. The van der Waals surface area contributed by atoms with Crippen LogP contribution in [0.3, 0.4) is 0 Å². The number of halogens is 1. The Morgan fingerprint density at radius 2 is 1.95 bits per heavy atom. The molecule has 1 aliphatic rings. The van der Waals surface area contributed by atoms with E-state index < -0.39 is 0 Å². The fourth-order valence-electron chi connectivity index (χ4n) is 2.47. The maximum atomic E-state index is 5.46. The number of hydrogen-bond acceptors (Lipinski definition) is 5. The number of rotatable bonds is 3. The molecular weight excluding hydrogens is 312 g/mol. The van der Waals surface area contributed by atoms with Crippen molar-refractivity contribution < 1.29 is 9.47 Å². The predicted octanol–water partition coefficient (Wildman–Crippen LogP) is 1.34. The third-order valence-electron chi connectivity index (χ3n) is 3.45. The fourth-order valence-corrected chi connectivity index (χ4v) is 2.86. The molecule has 2 aromatic heterocycles. The van der Waals surface area contributed by atoms with Crippen molar-refractivity contribution in [1.29, 1.82) is 0 Å². The van der Waals surface area contributed by atoms with Crippen LogP contribution in [0.2, 0.25) is 0 Å². The number of aromatic nitrogens is 3. The van der Waals surface area contributed by atoms with Crippen molar-refractivity contribution >= 4 is 27.4 Å². The molecule has 2 atom stereocenters. The lowest BCUT2D eigenvalue weighted by molar-refractivity contribution is -0.00461. The van der Waals surface area contributed by atoms with Gasteiger partial charge in [0.2, 0.25) is 0 Å². The van der Waals surface area contributed by atoms with E-state index in [2.05, 4.69) is 30.8 Å². The first-order valence-electron chi connectivity index (χ1n) is 6.02. The first-order chi connectivity index (χ1) is 9.22. The SMILES string of the molecule is COC1CN(c2nc(Br)cn3ccnc23)CC1OC. The third kappa shape index (κ3) is 2.22. The van der Waals surface area contributed by atoms with E-state index in [1.54, 1.807) is 20.4 Å². The van der Waals surface area contributed by atoms with Crippen molar-refractivity contribution in [2.75, 3.05) is 32.2 Å². The van der Waals surface area contributed by atoms with Gasteiger partial charge >= 0.3 is 0 Å². The van der Waals surface area contributed by atoms with Gasteiger partial charge in [-0.15, -0.1) is 0 Å². The van der Waals surface area contributed by atoms with E-state index in [0.29, 0.717) is 0 Å². The minimum Gasteiger partial charge on any atom is -0.377 e. The summed E-state index contributed by atoms with van der Waals surface area (Å²) in [7, 11) is 3.42. The summed E-state index contributed by atoms with van der Waals surface area (Å²) in [5.74, 6) is 0.848. The van der Waals surface area contributed by atoms with Crippen LogP contribution >= 0.6 is 15.9 Å². The molecule has 1 aliphatic heterocycles. The van der Waals surface area contributed by atoms with Gasteiger partial charge < -0.3 is 18.8 Å². The molecule has 2 aromatic rings. The van der Waals surface area contributed by atoms with Gasteiger partial charge in [-0.1, -0.05) is 0 Å². The first kappa shape index (κ1) is 12.8. The largest absolute Gasteiger partial charge is 0.377 e. The molecule has 0 saturated carbocycles. The van der Waals surface area contributed by atoms with Gasteiger partial charge in [0.1, 0.15) is 16.8 Å². The Labute approximate surface area is 119 Å². The maximum absolute atomic E-state index is 5.46. The highest BCUT2D eigenvalue weighted by Crippen LogP contribution is 2.26. The zero-order chi connectivity index (χ0) is 13.4. The van der Waals surface area contributed by atoms with Crippen molar-refractivity contribution in [2.45, 2.75) is 12.2 Å². The smallest absolute Gasteiger partial charge is 0.180 e. The van der Waals surface area contributed by atoms with Gasteiger partial charge in [0.05, 0.1) is 0 Å². The second-order valence-electron chi connectivity index (χ2n) is 4.50. The lowest BCUT2D eigenvalue weighted by atomic mass is 10.3. The quantitative estimate of drug-likeness (QED) is 0.852. The van der Waals surface area contributed by atoms with E-state index in [9.17, 15) is 0 Å². The van der Waals surface area contributed by atoms with Crippen LogP contribution in [0.15, 0.2) is 23.2 Å². The average Bonchev–Trinajstić information content (AvgIpc) is 3.02. The first-order valence-corrected chi connectivity index (χ1v) is 6.82. The van der Waals surface area contributed by atoms with Crippen molar-refractivity contribution in [3.05, 3.63) is 23.2 Å². The minimum atomic E-state index is 0.0563. The van der Waals surface area contributed by atoms with Crippen molar-refractivity contribution in [1.82, 2.24) is 14.4 Å². The van der Waals surface area contributed by atoms with E-state index in [0.717, 1.165) is 29.2 Å². The molecule has 0 aromatic carbocycles. The van der Waals surface area contributed by atoms with Crippen LogP contribution < -0.4 is 4.90 Å². The molecule has 2 unspecified atom stereocenters. The Hall–Kier alpha value is -1.18. The molecule has 0 bridgehead atoms. The molecule has 102 valence electrons. The number of imidazole rings is 1. The standard InChI is InChI=1S/C12H15BrN4O2/c1-18-8-5-17(6-9(8)19-2)12-11-14-3-4-16(11)7-10(13)15-12/h3-4,7-9H,5-6H2,1-2H3. The molecule has 3 heterocycles. The summed E-state index contributed by atoms with van der Waals surface area (Å²) in [6, 6.07) is 0. The zero-order valence-electron chi connectivity index (χ0n) is 10.8. The van der Waals surface area contributed by atoms with Crippen molar-refractivity contribution in [3.8, 4) is 0 Å². The van der Waals surface area contributed by atoms with Crippen LogP contribution in [0.1, 0.15) is 0 Å². The number of fused-ring (bicyclic) bond motifs is 1. The molecule has 19 heavy (non-hydrogen) atoms. The average molecular weight is 327 g/mol. The van der Waals surface area contributed by atoms with E-state index >= 15 is 0 Å². The molecule has 0 aliphatic carbocycles. The molecular formula is C12H15BrN4O2. The lowest BCUT2D eigenvalue weighted by Gasteiger charge is -2.17. The highest BCUT2D eigenvalue weighted by atomic mass is 79.9. The van der Waals surface area contributed by atoms with Gasteiger partial charge in [0.15, 0.2) is 11.5 Å². The number of nitrogens with zero attached hydrogens (tertiary/aromatic N) is 4. The van der Waals surface area contributed by atoms with E-state index in [1.165, 1.54) is 0 Å². The van der Waals surface area contributed by atoms with Crippen molar-refractivity contribution in [2.24, 2.45) is 0 Å². The summed E-state index contributed by atoms with van der Waals surface area (Å²) in [6.45, 7) is 1.50. The number of methoxy groups -OCH3 is 2. The van der Waals surface area contributed by atoms with Crippen LogP contribution in [0.4, 0.5) is 5.82 Å². The van der Waals surface area contributed by atoms with Crippen LogP contribution in [0.25, 0.3) is 5.65 Å². The van der Waals surface area contributed by atoms with Gasteiger partial charge in [-0.3, -0.25) is 0 Å². The number of hydrogen-bond donors (Lipinski definition) is 0. The third-order valence-corrected chi connectivity index (χ3v) is 3.83. The Kier molecular flexibility index (Phi) is 3.42. The Morgan fingerprint density at radius 3 is 2.58 bits per heavy atom. The predicted molar refractivity (Wildman–Crippen MR) is 74.5 cm³/mol. The van der Waals surface area contributed by atoms with E-state index in [4.69, 9.17) is 9.47 Å². The topological polar surface area (TPSA) is 51.9 Å².